The predicted molar refractivity (Wildman–Crippen MR) is 272 cm³/mol. The zero-order valence-electron chi connectivity index (χ0n) is 40.1. The van der Waals surface area contributed by atoms with E-state index in [1.54, 1.807) is 0 Å². The van der Waals surface area contributed by atoms with Gasteiger partial charge in [0.1, 0.15) is 0 Å². The highest BCUT2D eigenvalue weighted by Crippen LogP contribution is 2.36. The highest BCUT2D eigenvalue weighted by Gasteiger charge is 2.28. The number of hydrogen-bond acceptors (Lipinski definition) is 2. The molecule has 0 radical (unpaired) electrons. The van der Waals surface area contributed by atoms with Crippen LogP contribution in [0.3, 0.4) is 0 Å². The lowest BCUT2D eigenvalue weighted by molar-refractivity contribution is 0.556. The van der Waals surface area contributed by atoms with Gasteiger partial charge >= 0.3 is 0 Å². The van der Waals surface area contributed by atoms with Crippen LogP contribution >= 0.6 is 0 Å². The van der Waals surface area contributed by atoms with Gasteiger partial charge in [0, 0.05) is 6.42 Å². The van der Waals surface area contributed by atoms with Gasteiger partial charge in [0.25, 0.3) is 0 Å². The number of rotatable bonds is 37. The van der Waals surface area contributed by atoms with E-state index in [0.717, 1.165) is 12.1 Å². The first kappa shape index (κ1) is 50.5. The lowest BCUT2D eigenvalue weighted by Gasteiger charge is -2.24. The van der Waals surface area contributed by atoms with Gasteiger partial charge in [-0.2, -0.15) is 5.10 Å². The van der Waals surface area contributed by atoms with E-state index >= 15 is 0 Å². The highest BCUT2D eigenvalue weighted by molar-refractivity contribution is 6.01. The van der Waals surface area contributed by atoms with E-state index in [9.17, 15) is 0 Å². The zero-order valence-corrected chi connectivity index (χ0v) is 40.1. The third-order valence-corrected chi connectivity index (χ3v) is 13.4. The number of nitrogens with zero attached hydrogens (tertiary/aromatic N) is 2. The van der Waals surface area contributed by atoms with Crippen molar-refractivity contribution in [3.8, 4) is 0 Å². The molecule has 4 rings (SSSR count). The maximum Gasteiger partial charge on any atom is 0.0831 e. The fraction of sp³-hybridized carbons (Fsp3) is 0.644. The molecule has 3 aromatic rings. The maximum atomic E-state index is 5.29. The average molecular weight is 829 g/mol. The van der Waals surface area contributed by atoms with Crippen LogP contribution in [0, 0.1) is 0 Å². The Labute approximate surface area is 377 Å². The SMILES string of the molecule is CCCCCCCCCCCCc1ccc(C=CC2=NN(c3ccc(CCCCCCCCCCCC)cc3)C(c3ccc(CCCCCCCCCCCC)cc3)C2)cc1. The van der Waals surface area contributed by atoms with Gasteiger partial charge in [0.2, 0.25) is 0 Å². The van der Waals surface area contributed by atoms with Gasteiger partial charge in [0.05, 0.1) is 17.4 Å². The monoisotopic (exact) mass is 829 g/mol. The van der Waals surface area contributed by atoms with Crippen molar-refractivity contribution in [3.05, 3.63) is 107 Å². The summed E-state index contributed by atoms with van der Waals surface area (Å²) in [4.78, 5) is 0. The molecule has 338 valence electrons. The van der Waals surface area contributed by atoms with E-state index in [2.05, 4.69) is 111 Å². The van der Waals surface area contributed by atoms with Crippen LogP contribution < -0.4 is 5.01 Å². The van der Waals surface area contributed by atoms with Crippen LogP contribution in [0.2, 0.25) is 0 Å². The van der Waals surface area contributed by atoms with Crippen molar-refractivity contribution in [2.24, 2.45) is 5.10 Å². The standard InChI is InChI=1S/C59H92N2/c1-4-7-10-13-16-19-22-25-28-31-34-52-37-39-55(40-38-52)43-48-57-51-59(56-46-41-53(42-47-56)35-32-29-26-23-20-17-14-11-8-5-2)61(60-57)58-49-44-54(45-50-58)36-33-30-27-24-21-18-15-12-9-6-3/h37-50,59H,4-36,51H2,1-3H3. The summed E-state index contributed by atoms with van der Waals surface area (Å²) in [5.41, 5.74) is 9.38. The van der Waals surface area contributed by atoms with Crippen molar-refractivity contribution in [3.63, 3.8) is 0 Å². The van der Waals surface area contributed by atoms with E-state index < -0.39 is 0 Å². The normalized spacial score (nSPS) is 14.1. The number of anilines is 1. The van der Waals surface area contributed by atoms with E-state index in [-0.39, 0.29) is 6.04 Å². The Morgan fingerprint density at radius 1 is 0.393 bits per heavy atom. The summed E-state index contributed by atoms with van der Waals surface area (Å²) >= 11 is 0. The third-order valence-electron chi connectivity index (χ3n) is 13.4. The van der Waals surface area contributed by atoms with Crippen molar-refractivity contribution in [2.45, 2.75) is 245 Å². The molecule has 0 amide bonds. The van der Waals surface area contributed by atoms with Gasteiger partial charge < -0.3 is 0 Å². The van der Waals surface area contributed by atoms with Crippen LogP contribution in [0.1, 0.15) is 254 Å². The Morgan fingerprint density at radius 2 is 0.721 bits per heavy atom. The summed E-state index contributed by atoms with van der Waals surface area (Å²) in [6.45, 7) is 6.91. The van der Waals surface area contributed by atoms with E-state index in [1.165, 1.54) is 245 Å². The summed E-state index contributed by atoms with van der Waals surface area (Å²) in [5, 5.41) is 7.59. The molecule has 1 atom stereocenters. The Hall–Kier alpha value is -3.13. The van der Waals surface area contributed by atoms with Gasteiger partial charge in [-0.05, 0) is 84.6 Å². The molecule has 2 heteroatoms. The minimum Gasteiger partial charge on any atom is -0.257 e. The largest absolute Gasteiger partial charge is 0.257 e. The molecule has 1 aliphatic heterocycles. The first-order valence-corrected chi connectivity index (χ1v) is 26.5. The Kier molecular flexibility index (Phi) is 27.7. The fourth-order valence-electron chi connectivity index (χ4n) is 9.29. The van der Waals surface area contributed by atoms with Crippen LogP contribution in [0.15, 0.2) is 84.0 Å². The molecule has 1 heterocycles. The molecular weight excluding hydrogens is 737 g/mol. The molecule has 0 bridgehead atoms. The van der Waals surface area contributed by atoms with Gasteiger partial charge in [-0.25, -0.2) is 0 Å². The third kappa shape index (κ3) is 22.2. The van der Waals surface area contributed by atoms with Gasteiger partial charge in [0.15, 0.2) is 0 Å². The number of benzene rings is 3. The molecule has 0 aliphatic carbocycles. The zero-order chi connectivity index (χ0) is 42.8. The van der Waals surface area contributed by atoms with Crippen molar-refractivity contribution >= 4 is 17.5 Å². The summed E-state index contributed by atoms with van der Waals surface area (Å²) in [6, 6.07) is 28.4. The van der Waals surface area contributed by atoms with Crippen molar-refractivity contribution in [1.29, 1.82) is 0 Å². The highest BCUT2D eigenvalue weighted by atomic mass is 15.5. The Balaban J connectivity index is 1.27. The molecule has 0 aromatic heterocycles. The molecule has 0 saturated carbocycles. The smallest absolute Gasteiger partial charge is 0.0831 e. The van der Waals surface area contributed by atoms with Crippen LogP contribution in [0.4, 0.5) is 5.69 Å². The first-order chi connectivity index (χ1) is 30.2. The van der Waals surface area contributed by atoms with E-state index in [1.807, 2.05) is 0 Å². The minimum atomic E-state index is 0.210. The summed E-state index contributed by atoms with van der Waals surface area (Å²) in [7, 11) is 0. The fourth-order valence-corrected chi connectivity index (χ4v) is 9.29. The second-order valence-corrected chi connectivity index (χ2v) is 18.9. The second kappa shape index (κ2) is 33.4. The van der Waals surface area contributed by atoms with Crippen LogP contribution in [-0.2, 0) is 19.3 Å². The predicted octanol–water partition coefficient (Wildman–Crippen LogP) is 19.1. The molecule has 0 spiro atoms. The van der Waals surface area contributed by atoms with E-state index in [0.29, 0.717) is 0 Å². The Bertz CT molecular complexity index is 1530. The van der Waals surface area contributed by atoms with E-state index in [4.69, 9.17) is 5.10 Å². The Morgan fingerprint density at radius 3 is 1.10 bits per heavy atom. The van der Waals surface area contributed by atoms with Crippen LogP contribution in [0.5, 0.6) is 0 Å². The molecule has 61 heavy (non-hydrogen) atoms. The van der Waals surface area contributed by atoms with Gasteiger partial charge in [-0.15, -0.1) is 0 Å². The molecule has 0 saturated heterocycles. The van der Waals surface area contributed by atoms with Crippen molar-refractivity contribution in [1.82, 2.24) is 0 Å². The van der Waals surface area contributed by atoms with Crippen LogP contribution in [-0.4, -0.2) is 5.71 Å². The van der Waals surface area contributed by atoms with Gasteiger partial charge in [-0.1, -0.05) is 261 Å². The number of allylic oxidation sites excluding steroid dienone is 1. The number of unbranched alkanes of at least 4 members (excludes halogenated alkanes) is 27. The van der Waals surface area contributed by atoms with Crippen LogP contribution in [0.25, 0.3) is 6.08 Å². The summed E-state index contributed by atoms with van der Waals surface area (Å²) < 4.78 is 0. The van der Waals surface area contributed by atoms with Crippen molar-refractivity contribution in [2.75, 3.05) is 5.01 Å². The first-order valence-electron chi connectivity index (χ1n) is 26.5. The molecular formula is C59H92N2. The number of aryl methyl sites for hydroxylation is 3. The molecule has 1 aliphatic rings. The number of hydrogen-bond donors (Lipinski definition) is 0. The quantitative estimate of drug-likeness (QED) is 0.0529. The summed E-state index contributed by atoms with van der Waals surface area (Å²) in [6.07, 6.45) is 50.7. The summed E-state index contributed by atoms with van der Waals surface area (Å²) in [5.74, 6) is 0. The maximum absolute atomic E-state index is 5.29. The van der Waals surface area contributed by atoms with Gasteiger partial charge in [-0.3, -0.25) is 5.01 Å². The molecule has 3 aromatic carbocycles. The molecule has 0 N–H and O–H groups in total. The second-order valence-electron chi connectivity index (χ2n) is 18.9. The number of hydrazone groups is 1. The minimum absolute atomic E-state index is 0.210. The lowest BCUT2D eigenvalue weighted by atomic mass is 9.97. The van der Waals surface area contributed by atoms with Crippen molar-refractivity contribution < 1.29 is 0 Å². The lowest BCUT2D eigenvalue weighted by Crippen LogP contribution is -2.18. The molecule has 0 fully saturated rings. The topological polar surface area (TPSA) is 15.6 Å². The molecule has 1 unspecified atom stereocenters. The molecule has 2 nitrogen and oxygen atoms in total. The average Bonchev–Trinajstić information content (AvgIpc) is 3.72.